The Morgan fingerprint density at radius 3 is 2.81 bits per heavy atom. The number of benzene rings is 1. The summed E-state index contributed by atoms with van der Waals surface area (Å²) in [6.45, 7) is 2.29. The Labute approximate surface area is 96.3 Å². The van der Waals surface area contributed by atoms with Crippen LogP contribution in [0.15, 0.2) is 36.1 Å². The number of nitrogens with one attached hydrogen (secondary N) is 1. The van der Waals surface area contributed by atoms with Gasteiger partial charge in [-0.1, -0.05) is 18.2 Å². The van der Waals surface area contributed by atoms with Gasteiger partial charge in [-0.3, -0.25) is 0 Å². The van der Waals surface area contributed by atoms with E-state index in [0.717, 1.165) is 31.2 Å². The van der Waals surface area contributed by atoms with E-state index in [1.165, 1.54) is 24.0 Å². The molecule has 0 bridgehead atoms. The van der Waals surface area contributed by atoms with Crippen LogP contribution in [0.3, 0.4) is 0 Å². The van der Waals surface area contributed by atoms with Crippen molar-refractivity contribution >= 4 is 0 Å². The van der Waals surface area contributed by atoms with Gasteiger partial charge in [-0.25, -0.2) is 0 Å². The zero-order chi connectivity index (χ0) is 10.8. The molecule has 1 saturated heterocycles. The Hall–Kier alpha value is -1.28. The van der Waals surface area contributed by atoms with Crippen LogP contribution in [0.2, 0.25) is 0 Å². The Bertz CT molecular complexity index is 405. The number of para-hydroxylation sites is 1. The van der Waals surface area contributed by atoms with Crippen molar-refractivity contribution in [2.75, 3.05) is 13.1 Å². The van der Waals surface area contributed by atoms with Crippen molar-refractivity contribution in [1.82, 2.24) is 5.32 Å². The third kappa shape index (κ3) is 1.85. The number of fused-ring (bicyclic) bond motifs is 1. The summed E-state index contributed by atoms with van der Waals surface area (Å²) >= 11 is 0. The second kappa shape index (κ2) is 4.30. The van der Waals surface area contributed by atoms with Gasteiger partial charge in [0, 0.05) is 6.42 Å². The molecular formula is C14H17NO. The van der Waals surface area contributed by atoms with E-state index in [9.17, 15) is 0 Å². The maximum atomic E-state index is 5.71. The second-order valence-corrected chi connectivity index (χ2v) is 4.62. The average Bonchev–Trinajstić information content (AvgIpc) is 2.39. The Morgan fingerprint density at radius 1 is 1.12 bits per heavy atom. The number of hydrogen-bond acceptors (Lipinski definition) is 2. The summed E-state index contributed by atoms with van der Waals surface area (Å²) in [5, 5.41) is 3.40. The largest absolute Gasteiger partial charge is 0.465 e. The molecule has 2 heterocycles. The van der Waals surface area contributed by atoms with Crippen LogP contribution in [-0.4, -0.2) is 13.1 Å². The van der Waals surface area contributed by atoms with Gasteiger partial charge in [0.05, 0.1) is 6.26 Å². The summed E-state index contributed by atoms with van der Waals surface area (Å²) in [5.74, 6) is 1.75. The van der Waals surface area contributed by atoms with E-state index in [2.05, 4.69) is 17.4 Å². The lowest BCUT2D eigenvalue weighted by atomic mass is 9.86. The highest BCUT2D eigenvalue weighted by atomic mass is 16.5. The first-order chi connectivity index (χ1) is 7.93. The van der Waals surface area contributed by atoms with Gasteiger partial charge >= 0.3 is 0 Å². The van der Waals surface area contributed by atoms with E-state index in [1.807, 2.05) is 18.4 Å². The SMILES string of the molecule is C1=C(C2CCNCC2)Cc2ccccc2O1. The molecule has 1 aromatic rings. The van der Waals surface area contributed by atoms with Crippen LogP contribution < -0.4 is 10.1 Å². The minimum absolute atomic E-state index is 0.717. The molecule has 0 amide bonds. The highest BCUT2D eigenvalue weighted by Gasteiger charge is 2.21. The molecule has 0 atom stereocenters. The quantitative estimate of drug-likeness (QED) is 0.777. The van der Waals surface area contributed by atoms with Crippen LogP contribution in [0.25, 0.3) is 0 Å². The van der Waals surface area contributed by atoms with E-state index in [4.69, 9.17) is 4.74 Å². The monoisotopic (exact) mass is 215 g/mol. The molecule has 1 fully saturated rings. The molecule has 0 unspecified atom stereocenters. The Morgan fingerprint density at radius 2 is 1.94 bits per heavy atom. The third-order valence-corrected chi connectivity index (χ3v) is 3.57. The standard InChI is InChI=1S/C14H17NO/c1-2-4-14-12(3-1)9-13(10-16-14)11-5-7-15-8-6-11/h1-4,10-11,15H,5-9H2. The van der Waals surface area contributed by atoms with Crippen LogP contribution in [0.5, 0.6) is 5.75 Å². The number of allylic oxidation sites excluding steroid dienone is 1. The number of ether oxygens (including phenoxy) is 1. The predicted molar refractivity (Wildman–Crippen MR) is 64.5 cm³/mol. The fourth-order valence-corrected chi connectivity index (χ4v) is 2.60. The van der Waals surface area contributed by atoms with Crippen molar-refractivity contribution in [2.24, 2.45) is 5.92 Å². The molecule has 2 aliphatic heterocycles. The van der Waals surface area contributed by atoms with E-state index in [1.54, 1.807) is 0 Å². The van der Waals surface area contributed by atoms with Crippen molar-refractivity contribution in [2.45, 2.75) is 19.3 Å². The Balaban J connectivity index is 1.77. The van der Waals surface area contributed by atoms with Gasteiger partial charge in [-0.15, -0.1) is 0 Å². The number of rotatable bonds is 1. The van der Waals surface area contributed by atoms with E-state index in [-0.39, 0.29) is 0 Å². The van der Waals surface area contributed by atoms with Gasteiger partial charge in [-0.05, 0) is 49.1 Å². The Kier molecular flexibility index (Phi) is 2.66. The van der Waals surface area contributed by atoms with Crippen LogP contribution >= 0.6 is 0 Å². The van der Waals surface area contributed by atoms with E-state index >= 15 is 0 Å². The van der Waals surface area contributed by atoms with Crippen molar-refractivity contribution in [1.29, 1.82) is 0 Å². The molecule has 0 aromatic heterocycles. The molecule has 1 aromatic carbocycles. The second-order valence-electron chi connectivity index (χ2n) is 4.62. The van der Waals surface area contributed by atoms with Crippen LogP contribution in [0, 0.1) is 5.92 Å². The summed E-state index contributed by atoms with van der Waals surface area (Å²) in [6.07, 6.45) is 5.55. The molecule has 84 valence electrons. The first kappa shape index (κ1) is 9.91. The molecule has 2 nitrogen and oxygen atoms in total. The molecule has 0 aliphatic carbocycles. The van der Waals surface area contributed by atoms with E-state index < -0.39 is 0 Å². The molecular weight excluding hydrogens is 198 g/mol. The molecule has 0 spiro atoms. The molecule has 2 aliphatic rings. The zero-order valence-electron chi connectivity index (χ0n) is 9.41. The number of hydrogen-bond donors (Lipinski definition) is 1. The summed E-state index contributed by atoms with van der Waals surface area (Å²) in [4.78, 5) is 0. The molecule has 0 radical (unpaired) electrons. The predicted octanol–water partition coefficient (Wildman–Crippen LogP) is 2.51. The van der Waals surface area contributed by atoms with Gasteiger partial charge < -0.3 is 10.1 Å². The van der Waals surface area contributed by atoms with Crippen LogP contribution in [0.1, 0.15) is 18.4 Å². The van der Waals surface area contributed by atoms with Gasteiger partial charge in [0.25, 0.3) is 0 Å². The summed E-state index contributed by atoms with van der Waals surface area (Å²) in [6, 6.07) is 8.34. The molecule has 1 N–H and O–H groups in total. The van der Waals surface area contributed by atoms with Crippen molar-refractivity contribution in [3.63, 3.8) is 0 Å². The first-order valence-corrected chi connectivity index (χ1v) is 6.08. The highest BCUT2D eigenvalue weighted by Crippen LogP contribution is 2.32. The maximum absolute atomic E-state index is 5.71. The summed E-state index contributed by atoms with van der Waals surface area (Å²) in [7, 11) is 0. The zero-order valence-corrected chi connectivity index (χ0v) is 9.41. The van der Waals surface area contributed by atoms with E-state index in [0.29, 0.717) is 0 Å². The smallest absolute Gasteiger partial charge is 0.130 e. The van der Waals surface area contributed by atoms with Crippen molar-refractivity contribution in [3.05, 3.63) is 41.7 Å². The van der Waals surface area contributed by atoms with Crippen molar-refractivity contribution in [3.8, 4) is 5.75 Å². The van der Waals surface area contributed by atoms with Crippen LogP contribution in [0.4, 0.5) is 0 Å². The van der Waals surface area contributed by atoms with Crippen molar-refractivity contribution < 1.29 is 4.74 Å². The lowest BCUT2D eigenvalue weighted by molar-refractivity contribution is 0.382. The lowest BCUT2D eigenvalue weighted by Gasteiger charge is -2.27. The number of piperidine rings is 1. The molecule has 3 rings (SSSR count). The van der Waals surface area contributed by atoms with Gasteiger partial charge in [0.1, 0.15) is 5.75 Å². The molecule has 2 heteroatoms. The van der Waals surface area contributed by atoms with Gasteiger partial charge in [0.15, 0.2) is 0 Å². The average molecular weight is 215 g/mol. The fourth-order valence-electron chi connectivity index (χ4n) is 2.60. The topological polar surface area (TPSA) is 21.3 Å². The fraction of sp³-hybridized carbons (Fsp3) is 0.429. The molecule has 16 heavy (non-hydrogen) atoms. The normalized spacial score (nSPS) is 20.9. The summed E-state index contributed by atoms with van der Waals surface area (Å²) in [5.41, 5.74) is 2.80. The molecule has 0 saturated carbocycles. The first-order valence-electron chi connectivity index (χ1n) is 6.08. The maximum Gasteiger partial charge on any atom is 0.130 e. The van der Waals surface area contributed by atoms with Gasteiger partial charge in [-0.2, -0.15) is 0 Å². The minimum atomic E-state index is 0.717. The summed E-state index contributed by atoms with van der Waals surface area (Å²) < 4.78 is 5.71. The lowest BCUT2D eigenvalue weighted by Crippen LogP contribution is -2.29. The van der Waals surface area contributed by atoms with Crippen LogP contribution in [-0.2, 0) is 6.42 Å². The van der Waals surface area contributed by atoms with Gasteiger partial charge in [0.2, 0.25) is 0 Å². The highest BCUT2D eigenvalue weighted by molar-refractivity contribution is 5.40. The third-order valence-electron chi connectivity index (χ3n) is 3.57. The minimum Gasteiger partial charge on any atom is -0.465 e.